The second-order valence-electron chi connectivity index (χ2n) is 4.72. The van der Waals surface area contributed by atoms with Gasteiger partial charge in [0, 0.05) is 18.5 Å². The molecule has 0 heterocycles. The molecule has 0 N–H and O–H groups in total. The normalized spacial score (nSPS) is 15.1. The highest BCUT2D eigenvalue weighted by Crippen LogP contribution is 2.27. The molecule has 104 valence electrons. The number of rotatable bonds is 5. The van der Waals surface area contributed by atoms with Crippen LogP contribution >= 0.6 is 11.6 Å². The third-order valence-electron chi connectivity index (χ3n) is 3.49. The number of carbonyl (C=O) groups excluding carboxylic acids is 1. The summed E-state index contributed by atoms with van der Waals surface area (Å²) in [5.41, 5.74) is -0.455. The first-order valence-electron chi connectivity index (χ1n) is 6.46. The molecule has 1 aliphatic rings. The van der Waals surface area contributed by atoms with E-state index in [-0.39, 0.29) is 6.04 Å². The van der Waals surface area contributed by atoms with Crippen LogP contribution in [-0.2, 0) is 0 Å². The van der Waals surface area contributed by atoms with Gasteiger partial charge in [0.2, 0.25) is 0 Å². The number of hydrogen-bond acceptors (Lipinski definition) is 1. The van der Waals surface area contributed by atoms with Gasteiger partial charge in [0.15, 0.2) is 0 Å². The van der Waals surface area contributed by atoms with Crippen LogP contribution in [0.4, 0.5) is 8.78 Å². The van der Waals surface area contributed by atoms with Gasteiger partial charge >= 0.3 is 0 Å². The van der Waals surface area contributed by atoms with Crippen molar-refractivity contribution in [3.8, 4) is 0 Å². The molecule has 0 radical (unpaired) electrons. The van der Waals surface area contributed by atoms with E-state index in [2.05, 4.69) is 0 Å². The van der Waals surface area contributed by atoms with Crippen molar-refractivity contribution in [2.75, 3.05) is 12.4 Å². The number of carbonyl (C=O) groups is 1. The van der Waals surface area contributed by atoms with Gasteiger partial charge in [-0.05, 0) is 37.8 Å². The zero-order chi connectivity index (χ0) is 13.8. The summed E-state index contributed by atoms with van der Waals surface area (Å²) in [6, 6.07) is 3.57. The van der Waals surface area contributed by atoms with E-state index in [1.54, 1.807) is 4.90 Å². The lowest BCUT2D eigenvalue weighted by molar-refractivity contribution is 0.0571. The first kappa shape index (κ1) is 14.3. The van der Waals surface area contributed by atoms with Crippen molar-refractivity contribution >= 4 is 17.5 Å². The van der Waals surface area contributed by atoms with Gasteiger partial charge in [-0.2, -0.15) is 0 Å². The number of nitrogens with zero attached hydrogens (tertiary/aromatic N) is 1. The van der Waals surface area contributed by atoms with Crippen molar-refractivity contribution in [1.29, 1.82) is 0 Å². The first-order valence-corrected chi connectivity index (χ1v) is 6.99. The summed E-state index contributed by atoms with van der Waals surface area (Å²) in [5.74, 6) is -1.75. The molecule has 1 saturated carbocycles. The number of alkyl halides is 1. The van der Waals surface area contributed by atoms with Crippen molar-refractivity contribution in [2.24, 2.45) is 0 Å². The van der Waals surface area contributed by atoms with Crippen molar-refractivity contribution in [3.63, 3.8) is 0 Å². The Labute approximate surface area is 116 Å². The molecule has 1 aliphatic carbocycles. The van der Waals surface area contributed by atoms with Crippen LogP contribution in [-0.4, -0.2) is 29.3 Å². The van der Waals surface area contributed by atoms with E-state index in [0.29, 0.717) is 18.8 Å². The average Bonchev–Trinajstić information content (AvgIpc) is 2.31. The van der Waals surface area contributed by atoms with E-state index in [4.69, 9.17) is 11.6 Å². The molecule has 2 nitrogen and oxygen atoms in total. The molecule has 1 aromatic rings. The fourth-order valence-electron chi connectivity index (χ4n) is 2.22. The molecule has 2 rings (SSSR count). The van der Waals surface area contributed by atoms with E-state index in [1.165, 1.54) is 6.07 Å². The highest BCUT2D eigenvalue weighted by molar-refractivity contribution is 6.17. The third-order valence-corrected chi connectivity index (χ3v) is 3.75. The minimum absolute atomic E-state index is 0.0923. The van der Waals surface area contributed by atoms with Crippen molar-refractivity contribution in [3.05, 3.63) is 35.4 Å². The molecule has 0 spiro atoms. The number of halogens is 3. The molecule has 0 bridgehead atoms. The number of benzene rings is 1. The van der Waals surface area contributed by atoms with Gasteiger partial charge in [0.25, 0.3) is 5.91 Å². The van der Waals surface area contributed by atoms with Gasteiger partial charge < -0.3 is 4.90 Å². The third kappa shape index (κ3) is 3.06. The molecule has 1 aromatic carbocycles. The molecule has 1 amide bonds. The first-order chi connectivity index (χ1) is 9.15. The maximum absolute atomic E-state index is 13.7. The van der Waals surface area contributed by atoms with Crippen LogP contribution in [0.25, 0.3) is 0 Å². The molecule has 0 saturated heterocycles. The molecule has 19 heavy (non-hydrogen) atoms. The molecule has 0 unspecified atom stereocenters. The van der Waals surface area contributed by atoms with Gasteiger partial charge in [-0.15, -0.1) is 11.6 Å². The van der Waals surface area contributed by atoms with Crippen LogP contribution in [0.5, 0.6) is 0 Å². The Bertz CT molecular complexity index is 443. The minimum atomic E-state index is -0.805. The molecule has 0 atom stereocenters. The molecular formula is C14H16ClF2NO. The standard InChI is InChI=1S/C14H16ClF2NO/c15-8-3-9-18(10-4-1-5-10)14(19)13-11(16)6-2-7-12(13)17/h2,6-7,10H,1,3-5,8-9H2. The number of amides is 1. The van der Waals surface area contributed by atoms with Gasteiger partial charge in [0.05, 0.1) is 0 Å². The quantitative estimate of drug-likeness (QED) is 0.758. The van der Waals surface area contributed by atoms with Crippen molar-refractivity contribution in [1.82, 2.24) is 4.90 Å². The topological polar surface area (TPSA) is 20.3 Å². The fourth-order valence-corrected chi connectivity index (χ4v) is 2.34. The van der Waals surface area contributed by atoms with Crippen molar-refractivity contribution in [2.45, 2.75) is 31.7 Å². The highest BCUT2D eigenvalue weighted by Gasteiger charge is 2.31. The zero-order valence-corrected chi connectivity index (χ0v) is 11.3. The summed E-state index contributed by atoms with van der Waals surface area (Å²) in [5, 5.41) is 0. The monoisotopic (exact) mass is 287 g/mol. The Morgan fingerprint density at radius 1 is 1.32 bits per heavy atom. The molecule has 0 aromatic heterocycles. The Morgan fingerprint density at radius 3 is 2.42 bits per heavy atom. The van der Waals surface area contributed by atoms with Crippen LogP contribution in [0.3, 0.4) is 0 Å². The SMILES string of the molecule is O=C(c1c(F)cccc1F)N(CCCCl)C1CCC1. The summed E-state index contributed by atoms with van der Waals surface area (Å²) in [4.78, 5) is 13.9. The predicted molar refractivity (Wildman–Crippen MR) is 70.4 cm³/mol. The molecule has 0 aliphatic heterocycles. The predicted octanol–water partition coefficient (Wildman–Crippen LogP) is 3.59. The fraction of sp³-hybridized carbons (Fsp3) is 0.500. The van der Waals surface area contributed by atoms with Crippen molar-refractivity contribution < 1.29 is 13.6 Å². The lowest BCUT2D eigenvalue weighted by atomic mass is 9.90. The molecule has 5 heteroatoms. The van der Waals surface area contributed by atoms with Crippen LogP contribution in [0.15, 0.2) is 18.2 Å². The maximum Gasteiger partial charge on any atom is 0.260 e. The van der Waals surface area contributed by atoms with Crippen LogP contribution in [0.1, 0.15) is 36.0 Å². The summed E-state index contributed by atoms with van der Waals surface area (Å²) >= 11 is 5.64. The maximum atomic E-state index is 13.7. The molecular weight excluding hydrogens is 272 g/mol. The number of hydrogen-bond donors (Lipinski definition) is 0. The summed E-state index contributed by atoms with van der Waals surface area (Å²) in [6.07, 6.45) is 3.46. The summed E-state index contributed by atoms with van der Waals surface area (Å²) < 4.78 is 27.3. The summed E-state index contributed by atoms with van der Waals surface area (Å²) in [7, 11) is 0. The smallest absolute Gasteiger partial charge is 0.260 e. The van der Waals surface area contributed by atoms with Crippen LogP contribution in [0, 0.1) is 11.6 Å². The largest absolute Gasteiger partial charge is 0.335 e. The minimum Gasteiger partial charge on any atom is -0.335 e. The Kier molecular flexibility index (Phi) is 4.75. The second kappa shape index (κ2) is 6.33. The molecule has 1 fully saturated rings. The lowest BCUT2D eigenvalue weighted by Crippen LogP contribution is -2.45. The Hall–Kier alpha value is -1.16. The van der Waals surface area contributed by atoms with Gasteiger partial charge in [-0.1, -0.05) is 6.07 Å². The van der Waals surface area contributed by atoms with Gasteiger partial charge in [-0.25, -0.2) is 8.78 Å². The van der Waals surface area contributed by atoms with E-state index >= 15 is 0 Å². The van der Waals surface area contributed by atoms with Crippen LogP contribution in [0.2, 0.25) is 0 Å². The lowest BCUT2D eigenvalue weighted by Gasteiger charge is -2.37. The van der Waals surface area contributed by atoms with Gasteiger partial charge in [-0.3, -0.25) is 4.79 Å². The second-order valence-corrected chi connectivity index (χ2v) is 5.10. The Balaban J connectivity index is 2.22. The average molecular weight is 288 g/mol. The van der Waals surface area contributed by atoms with E-state index in [1.807, 2.05) is 0 Å². The highest BCUT2D eigenvalue weighted by atomic mass is 35.5. The Morgan fingerprint density at radius 2 is 1.95 bits per heavy atom. The summed E-state index contributed by atoms with van der Waals surface area (Å²) in [6.45, 7) is 0.445. The van der Waals surface area contributed by atoms with Gasteiger partial charge in [0.1, 0.15) is 17.2 Å². The van der Waals surface area contributed by atoms with E-state index in [0.717, 1.165) is 31.4 Å². The van der Waals surface area contributed by atoms with Crippen LogP contribution < -0.4 is 0 Å². The zero-order valence-electron chi connectivity index (χ0n) is 10.5. The van der Waals surface area contributed by atoms with E-state index < -0.39 is 23.1 Å². The van der Waals surface area contributed by atoms with E-state index in [9.17, 15) is 13.6 Å².